The number of carbonyl (C=O) groups excluding carboxylic acids is 3. The highest BCUT2D eigenvalue weighted by Crippen LogP contribution is 2.32. The zero-order valence-corrected chi connectivity index (χ0v) is 16.6. The lowest BCUT2D eigenvalue weighted by molar-refractivity contribution is -0.123. The number of ether oxygens (including phenoxy) is 3. The van der Waals surface area contributed by atoms with Gasteiger partial charge in [0.2, 0.25) is 0 Å². The third kappa shape index (κ3) is 5.14. The maximum Gasteiger partial charge on any atom is 0.340 e. The molecule has 0 spiro atoms. The van der Waals surface area contributed by atoms with Crippen molar-refractivity contribution in [3.8, 4) is 11.5 Å². The van der Waals surface area contributed by atoms with Crippen molar-refractivity contribution in [1.29, 1.82) is 0 Å². The van der Waals surface area contributed by atoms with Gasteiger partial charge in [-0.2, -0.15) is 0 Å². The minimum absolute atomic E-state index is 0.101. The van der Waals surface area contributed by atoms with Crippen LogP contribution in [0.15, 0.2) is 40.9 Å². The van der Waals surface area contributed by atoms with E-state index in [2.05, 4.69) is 26.6 Å². The van der Waals surface area contributed by atoms with E-state index in [0.717, 1.165) is 0 Å². The average molecular weight is 470 g/mol. The van der Waals surface area contributed by atoms with Crippen LogP contribution in [0.1, 0.15) is 10.4 Å². The van der Waals surface area contributed by atoms with Gasteiger partial charge < -0.3 is 19.5 Å². The standard InChI is InChI=1S/C18H14BrClN2O6/c19-10-1-3-13(20)12(7-10)17(24)28-9-16(23)22-18(25)21-11-2-4-14-15(8-11)27-6-5-26-14/h1-4,7-8H,5-6,9H2,(H2,21,22,23,25). The fourth-order valence-corrected chi connectivity index (χ4v) is 2.86. The monoisotopic (exact) mass is 468 g/mol. The number of esters is 1. The Labute approximate surface area is 173 Å². The third-order valence-corrected chi connectivity index (χ3v) is 4.36. The number of imide groups is 1. The van der Waals surface area contributed by atoms with Crippen molar-refractivity contribution in [3.05, 3.63) is 51.5 Å². The number of hydrogen-bond acceptors (Lipinski definition) is 6. The Balaban J connectivity index is 1.50. The van der Waals surface area contributed by atoms with Gasteiger partial charge in [0, 0.05) is 16.2 Å². The molecular formula is C18H14BrClN2O6. The first-order valence-electron chi connectivity index (χ1n) is 8.05. The number of hydrogen-bond donors (Lipinski definition) is 2. The van der Waals surface area contributed by atoms with E-state index in [1.165, 1.54) is 12.1 Å². The fourth-order valence-electron chi connectivity index (χ4n) is 2.31. The lowest BCUT2D eigenvalue weighted by Crippen LogP contribution is -2.37. The molecule has 1 aliphatic heterocycles. The molecule has 0 saturated carbocycles. The molecule has 0 aromatic heterocycles. The van der Waals surface area contributed by atoms with E-state index in [-0.39, 0.29) is 10.6 Å². The first kappa shape index (κ1) is 20.0. The lowest BCUT2D eigenvalue weighted by Gasteiger charge is -2.19. The summed E-state index contributed by atoms with van der Waals surface area (Å²) in [7, 11) is 0. The van der Waals surface area contributed by atoms with Gasteiger partial charge in [0.15, 0.2) is 18.1 Å². The highest BCUT2D eigenvalue weighted by Gasteiger charge is 2.17. The van der Waals surface area contributed by atoms with Gasteiger partial charge in [-0.1, -0.05) is 27.5 Å². The van der Waals surface area contributed by atoms with Crippen molar-refractivity contribution in [2.24, 2.45) is 0 Å². The Morgan fingerprint density at radius 1 is 1.07 bits per heavy atom. The first-order chi connectivity index (χ1) is 13.4. The van der Waals surface area contributed by atoms with Gasteiger partial charge in [-0.3, -0.25) is 10.1 Å². The first-order valence-corrected chi connectivity index (χ1v) is 9.22. The predicted octanol–water partition coefficient (Wildman–Crippen LogP) is 3.38. The van der Waals surface area contributed by atoms with Crippen LogP contribution in [0, 0.1) is 0 Å². The van der Waals surface area contributed by atoms with Crippen LogP contribution in [-0.4, -0.2) is 37.7 Å². The van der Waals surface area contributed by atoms with Crippen molar-refractivity contribution >= 4 is 51.1 Å². The molecule has 2 aromatic rings. The number of halogens is 2. The van der Waals surface area contributed by atoms with Crippen LogP contribution < -0.4 is 20.1 Å². The maximum absolute atomic E-state index is 12.0. The predicted molar refractivity (Wildman–Crippen MR) is 104 cm³/mol. The Morgan fingerprint density at radius 2 is 1.82 bits per heavy atom. The Morgan fingerprint density at radius 3 is 2.61 bits per heavy atom. The van der Waals surface area contributed by atoms with E-state index in [9.17, 15) is 14.4 Å². The van der Waals surface area contributed by atoms with E-state index < -0.39 is 24.5 Å². The quantitative estimate of drug-likeness (QED) is 0.666. The molecule has 8 nitrogen and oxygen atoms in total. The van der Waals surface area contributed by atoms with Crippen LogP contribution in [0.25, 0.3) is 0 Å². The van der Waals surface area contributed by atoms with Crippen molar-refractivity contribution < 1.29 is 28.6 Å². The molecular weight excluding hydrogens is 456 g/mol. The zero-order chi connectivity index (χ0) is 20.1. The number of anilines is 1. The molecule has 1 aliphatic rings. The van der Waals surface area contributed by atoms with Gasteiger partial charge >= 0.3 is 12.0 Å². The molecule has 0 unspecified atom stereocenters. The second-order valence-electron chi connectivity index (χ2n) is 5.56. The second kappa shape index (κ2) is 8.94. The summed E-state index contributed by atoms with van der Waals surface area (Å²) < 4.78 is 16.3. The molecule has 2 N–H and O–H groups in total. The van der Waals surface area contributed by atoms with Gasteiger partial charge in [0.25, 0.3) is 5.91 Å². The van der Waals surface area contributed by atoms with Gasteiger partial charge in [-0.15, -0.1) is 0 Å². The van der Waals surface area contributed by atoms with E-state index in [0.29, 0.717) is 34.9 Å². The molecule has 3 amide bonds. The van der Waals surface area contributed by atoms with Crippen molar-refractivity contribution in [2.75, 3.05) is 25.1 Å². The summed E-state index contributed by atoms with van der Waals surface area (Å²) in [5.74, 6) is -0.509. The summed E-state index contributed by atoms with van der Waals surface area (Å²) in [6.45, 7) is 0.226. The zero-order valence-electron chi connectivity index (χ0n) is 14.3. The Hall–Kier alpha value is -2.78. The van der Waals surface area contributed by atoms with Gasteiger partial charge in [0.1, 0.15) is 13.2 Å². The molecule has 3 rings (SSSR count). The number of urea groups is 1. The molecule has 0 bridgehead atoms. The minimum Gasteiger partial charge on any atom is -0.486 e. The number of fused-ring (bicyclic) bond motifs is 1. The van der Waals surface area contributed by atoms with Crippen LogP contribution in [0.3, 0.4) is 0 Å². The highest BCUT2D eigenvalue weighted by molar-refractivity contribution is 9.10. The van der Waals surface area contributed by atoms with Gasteiger partial charge in [0.05, 0.1) is 10.6 Å². The molecule has 28 heavy (non-hydrogen) atoms. The summed E-state index contributed by atoms with van der Waals surface area (Å²) in [6.07, 6.45) is 0. The maximum atomic E-state index is 12.0. The molecule has 0 fully saturated rings. The SMILES string of the molecule is O=C(COC(=O)c1cc(Br)ccc1Cl)NC(=O)Nc1ccc2c(c1)OCCO2. The number of rotatable bonds is 4. The van der Waals surface area contributed by atoms with E-state index in [4.69, 9.17) is 25.8 Å². The highest BCUT2D eigenvalue weighted by atomic mass is 79.9. The third-order valence-electron chi connectivity index (χ3n) is 3.54. The van der Waals surface area contributed by atoms with Crippen molar-refractivity contribution in [2.45, 2.75) is 0 Å². The smallest absolute Gasteiger partial charge is 0.340 e. The number of carbonyl (C=O) groups is 3. The lowest BCUT2D eigenvalue weighted by atomic mass is 10.2. The molecule has 0 radical (unpaired) electrons. The van der Waals surface area contributed by atoms with E-state index in [1.807, 2.05) is 0 Å². The van der Waals surface area contributed by atoms with Crippen LogP contribution >= 0.6 is 27.5 Å². The Kier molecular flexibility index (Phi) is 6.37. The van der Waals surface area contributed by atoms with Crippen molar-refractivity contribution in [3.63, 3.8) is 0 Å². The largest absolute Gasteiger partial charge is 0.486 e. The van der Waals surface area contributed by atoms with Crippen LogP contribution in [0.4, 0.5) is 10.5 Å². The number of amides is 3. The molecule has 0 saturated heterocycles. The summed E-state index contributed by atoms with van der Waals surface area (Å²) in [4.78, 5) is 35.8. The molecule has 0 atom stereocenters. The van der Waals surface area contributed by atoms with Crippen LogP contribution in [0.5, 0.6) is 11.5 Å². The van der Waals surface area contributed by atoms with E-state index in [1.54, 1.807) is 24.3 Å². The normalized spacial score (nSPS) is 12.1. The van der Waals surface area contributed by atoms with Gasteiger partial charge in [-0.05, 0) is 30.3 Å². The second-order valence-corrected chi connectivity index (χ2v) is 6.88. The topological polar surface area (TPSA) is 103 Å². The number of benzene rings is 2. The molecule has 2 aromatic carbocycles. The summed E-state index contributed by atoms with van der Waals surface area (Å²) in [5.41, 5.74) is 0.511. The molecule has 0 aliphatic carbocycles. The molecule has 1 heterocycles. The fraction of sp³-hybridized carbons (Fsp3) is 0.167. The average Bonchev–Trinajstić information content (AvgIpc) is 2.67. The molecule has 146 valence electrons. The summed E-state index contributed by atoms with van der Waals surface area (Å²) in [5, 5.41) is 4.73. The number of nitrogens with one attached hydrogen (secondary N) is 2. The van der Waals surface area contributed by atoms with Crippen molar-refractivity contribution in [1.82, 2.24) is 5.32 Å². The van der Waals surface area contributed by atoms with Crippen LogP contribution in [0.2, 0.25) is 5.02 Å². The summed E-state index contributed by atoms with van der Waals surface area (Å²) in [6, 6.07) is 8.70. The van der Waals surface area contributed by atoms with Crippen LogP contribution in [-0.2, 0) is 9.53 Å². The van der Waals surface area contributed by atoms with E-state index >= 15 is 0 Å². The Bertz CT molecular complexity index is 936. The molecule has 10 heteroatoms. The minimum atomic E-state index is -0.797. The van der Waals surface area contributed by atoms with Gasteiger partial charge in [-0.25, -0.2) is 9.59 Å². The summed E-state index contributed by atoms with van der Waals surface area (Å²) >= 11 is 9.14.